The molecule has 0 radical (unpaired) electrons. The third-order valence-corrected chi connectivity index (χ3v) is 2.52. The van der Waals surface area contributed by atoms with Gasteiger partial charge in [0.05, 0.1) is 0 Å². The summed E-state index contributed by atoms with van der Waals surface area (Å²) >= 11 is 0. The van der Waals surface area contributed by atoms with Crippen molar-refractivity contribution in [1.29, 1.82) is 0 Å². The second-order valence-corrected chi connectivity index (χ2v) is 3.60. The smallest absolute Gasteiger partial charge is 0.159 e. The molecule has 0 aliphatic carbocycles. The lowest BCUT2D eigenvalue weighted by Gasteiger charge is -2.03. The first-order chi connectivity index (χ1) is 7.18. The quantitative estimate of drug-likeness (QED) is 0.672. The zero-order chi connectivity index (χ0) is 10.8. The van der Waals surface area contributed by atoms with Crippen molar-refractivity contribution in [3.05, 3.63) is 54.6 Å². The van der Waals surface area contributed by atoms with Gasteiger partial charge in [0.1, 0.15) is 0 Å². The SMILES string of the molecule is C=C(C(C)=O)c1ccc2ccccc2c1. The van der Waals surface area contributed by atoms with Gasteiger partial charge in [0.25, 0.3) is 0 Å². The van der Waals surface area contributed by atoms with Gasteiger partial charge in [-0.25, -0.2) is 0 Å². The molecule has 0 aliphatic heterocycles. The Morgan fingerprint density at radius 2 is 1.73 bits per heavy atom. The Labute approximate surface area is 89.0 Å². The van der Waals surface area contributed by atoms with Crippen LogP contribution >= 0.6 is 0 Å². The molecule has 0 heterocycles. The molecule has 0 aromatic heterocycles. The highest BCUT2D eigenvalue weighted by molar-refractivity contribution is 6.19. The number of carbonyl (C=O) groups is 1. The molecule has 0 saturated heterocycles. The molecular weight excluding hydrogens is 184 g/mol. The maximum Gasteiger partial charge on any atom is 0.159 e. The van der Waals surface area contributed by atoms with Crippen LogP contribution in [0, 0.1) is 0 Å². The lowest BCUT2D eigenvalue weighted by Crippen LogP contribution is -1.93. The Kier molecular flexibility index (Phi) is 2.38. The first kappa shape index (κ1) is 9.66. The minimum absolute atomic E-state index is 0.0188. The minimum atomic E-state index is 0.0188. The van der Waals surface area contributed by atoms with Crippen LogP contribution in [-0.2, 0) is 4.79 Å². The van der Waals surface area contributed by atoms with Gasteiger partial charge in [-0.2, -0.15) is 0 Å². The summed E-state index contributed by atoms with van der Waals surface area (Å²) in [6, 6.07) is 14.0. The molecule has 1 heteroatoms. The van der Waals surface area contributed by atoms with Crippen molar-refractivity contribution in [3.8, 4) is 0 Å². The molecule has 1 nitrogen and oxygen atoms in total. The van der Waals surface area contributed by atoms with Gasteiger partial charge in [0.15, 0.2) is 5.78 Å². The fourth-order valence-electron chi connectivity index (χ4n) is 1.58. The van der Waals surface area contributed by atoms with Crippen LogP contribution in [0.1, 0.15) is 12.5 Å². The summed E-state index contributed by atoms with van der Waals surface area (Å²) in [6.45, 7) is 5.32. The predicted octanol–water partition coefficient (Wildman–Crippen LogP) is 3.44. The first-order valence-corrected chi connectivity index (χ1v) is 4.87. The maximum absolute atomic E-state index is 11.2. The standard InChI is InChI=1S/C14H12O/c1-10(11(2)15)13-8-7-12-5-3-4-6-14(12)9-13/h3-9H,1H2,2H3. The minimum Gasteiger partial charge on any atom is -0.295 e. The van der Waals surface area contributed by atoms with Crippen molar-refractivity contribution >= 4 is 22.1 Å². The normalized spacial score (nSPS) is 10.2. The molecule has 0 spiro atoms. The highest BCUT2D eigenvalue weighted by Crippen LogP contribution is 2.20. The van der Waals surface area contributed by atoms with E-state index in [1.165, 1.54) is 12.3 Å². The monoisotopic (exact) mass is 196 g/mol. The van der Waals surface area contributed by atoms with E-state index < -0.39 is 0 Å². The van der Waals surface area contributed by atoms with E-state index in [1.54, 1.807) is 0 Å². The number of Topliss-reactive ketones (excluding diaryl/α,β-unsaturated/α-hetero) is 1. The second-order valence-electron chi connectivity index (χ2n) is 3.60. The molecule has 2 aromatic carbocycles. The summed E-state index contributed by atoms with van der Waals surface area (Å²) in [4.78, 5) is 11.2. The fourth-order valence-corrected chi connectivity index (χ4v) is 1.58. The van der Waals surface area contributed by atoms with Crippen molar-refractivity contribution in [2.45, 2.75) is 6.92 Å². The van der Waals surface area contributed by atoms with Gasteiger partial charge in [-0.15, -0.1) is 0 Å². The Balaban J connectivity index is 2.56. The van der Waals surface area contributed by atoms with Crippen LogP contribution in [0.15, 0.2) is 49.0 Å². The molecule has 0 fully saturated rings. The van der Waals surface area contributed by atoms with Crippen LogP contribution < -0.4 is 0 Å². The molecule has 0 amide bonds. The molecule has 74 valence electrons. The van der Waals surface area contributed by atoms with Crippen molar-refractivity contribution < 1.29 is 4.79 Å². The van der Waals surface area contributed by atoms with Gasteiger partial charge in [-0.3, -0.25) is 4.79 Å². The number of carbonyl (C=O) groups excluding carboxylic acids is 1. The summed E-state index contributed by atoms with van der Waals surface area (Å²) in [5.74, 6) is 0.0188. The van der Waals surface area contributed by atoms with Crippen LogP contribution in [0.4, 0.5) is 0 Å². The van der Waals surface area contributed by atoms with Crippen molar-refractivity contribution in [2.24, 2.45) is 0 Å². The second kappa shape index (κ2) is 3.70. The number of benzene rings is 2. The third kappa shape index (κ3) is 1.82. The summed E-state index contributed by atoms with van der Waals surface area (Å²) < 4.78 is 0. The molecule has 0 saturated carbocycles. The number of fused-ring (bicyclic) bond motifs is 1. The van der Waals surface area contributed by atoms with E-state index in [-0.39, 0.29) is 5.78 Å². The number of ketones is 1. The predicted molar refractivity (Wildman–Crippen MR) is 63.7 cm³/mol. The van der Waals surface area contributed by atoms with E-state index in [0.717, 1.165) is 10.9 Å². The van der Waals surface area contributed by atoms with Crippen molar-refractivity contribution in [3.63, 3.8) is 0 Å². The Hall–Kier alpha value is -1.89. The lowest BCUT2D eigenvalue weighted by atomic mass is 10.0. The maximum atomic E-state index is 11.2. The summed E-state index contributed by atoms with van der Waals surface area (Å²) in [5, 5.41) is 2.31. The zero-order valence-corrected chi connectivity index (χ0v) is 8.66. The molecule has 2 aromatic rings. The summed E-state index contributed by atoms with van der Waals surface area (Å²) in [6.07, 6.45) is 0. The number of allylic oxidation sites excluding steroid dienone is 1. The van der Waals surface area contributed by atoms with Crippen molar-refractivity contribution in [1.82, 2.24) is 0 Å². The van der Waals surface area contributed by atoms with Crippen LogP contribution in [0.3, 0.4) is 0 Å². The molecule has 0 atom stereocenters. The van der Waals surface area contributed by atoms with Crippen LogP contribution in [0.2, 0.25) is 0 Å². The van der Waals surface area contributed by atoms with E-state index in [2.05, 4.69) is 12.6 Å². The van der Waals surface area contributed by atoms with Gasteiger partial charge < -0.3 is 0 Å². The average Bonchev–Trinajstić information content (AvgIpc) is 2.27. The molecule has 0 unspecified atom stereocenters. The Morgan fingerprint density at radius 3 is 2.40 bits per heavy atom. The Morgan fingerprint density at radius 1 is 1.07 bits per heavy atom. The summed E-state index contributed by atoms with van der Waals surface area (Å²) in [5.41, 5.74) is 1.47. The van der Waals surface area contributed by atoms with E-state index in [9.17, 15) is 4.79 Å². The number of hydrogen-bond donors (Lipinski definition) is 0. The first-order valence-electron chi connectivity index (χ1n) is 4.87. The number of hydrogen-bond acceptors (Lipinski definition) is 1. The lowest BCUT2D eigenvalue weighted by molar-refractivity contribution is -0.111. The van der Waals surface area contributed by atoms with E-state index >= 15 is 0 Å². The van der Waals surface area contributed by atoms with Crippen molar-refractivity contribution in [2.75, 3.05) is 0 Å². The van der Waals surface area contributed by atoms with Gasteiger partial charge >= 0.3 is 0 Å². The molecule has 2 rings (SSSR count). The molecule has 0 bridgehead atoms. The Bertz CT molecular complexity index is 538. The highest BCUT2D eigenvalue weighted by atomic mass is 16.1. The molecular formula is C14H12O. The fraction of sp³-hybridized carbons (Fsp3) is 0.0714. The molecule has 15 heavy (non-hydrogen) atoms. The van der Waals surface area contributed by atoms with Crippen LogP contribution in [0.5, 0.6) is 0 Å². The molecule has 0 N–H and O–H groups in total. The highest BCUT2D eigenvalue weighted by Gasteiger charge is 2.04. The van der Waals surface area contributed by atoms with E-state index in [0.29, 0.717) is 5.57 Å². The largest absolute Gasteiger partial charge is 0.295 e. The van der Waals surface area contributed by atoms with Gasteiger partial charge in [0.2, 0.25) is 0 Å². The third-order valence-electron chi connectivity index (χ3n) is 2.52. The number of rotatable bonds is 2. The van der Waals surface area contributed by atoms with Gasteiger partial charge in [-0.05, 0) is 29.3 Å². The van der Waals surface area contributed by atoms with Crippen LogP contribution in [0.25, 0.3) is 16.3 Å². The van der Waals surface area contributed by atoms with Crippen LogP contribution in [-0.4, -0.2) is 5.78 Å². The van der Waals surface area contributed by atoms with Gasteiger partial charge in [-0.1, -0.05) is 43.0 Å². The topological polar surface area (TPSA) is 17.1 Å². The summed E-state index contributed by atoms with van der Waals surface area (Å²) in [7, 11) is 0. The van der Waals surface area contributed by atoms with E-state index in [4.69, 9.17) is 0 Å². The molecule has 0 aliphatic rings. The zero-order valence-electron chi connectivity index (χ0n) is 8.66. The van der Waals surface area contributed by atoms with Gasteiger partial charge in [0, 0.05) is 5.57 Å². The van der Waals surface area contributed by atoms with E-state index in [1.807, 2.05) is 36.4 Å². The average molecular weight is 196 g/mol.